The average Bonchev–Trinajstić information content (AvgIpc) is 3.04. The van der Waals surface area contributed by atoms with Gasteiger partial charge in [-0.05, 0) is 69.3 Å². The number of halogens is 2. The van der Waals surface area contributed by atoms with Crippen molar-refractivity contribution in [2.75, 3.05) is 39.3 Å². The Morgan fingerprint density at radius 1 is 1.11 bits per heavy atom. The number of esters is 1. The van der Waals surface area contributed by atoms with E-state index in [0.29, 0.717) is 55.3 Å². The van der Waals surface area contributed by atoms with Gasteiger partial charge in [0.15, 0.2) is 0 Å². The van der Waals surface area contributed by atoms with Crippen molar-refractivity contribution in [3.8, 4) is 0 Å². The van der Waals surface area contributed by atoms with Crippen molar-refractivity contribution < 1.29 is 19.1 Å². The lowest BCUT2D eigenvalue weighted by Crippen LogP contribution is -2.38. The van der Waals surface area contributed by atoms with Crippen molar-refractivity contribution in [2.45, 2.75) is 51.5 Å². The van der Waals surface area contributed by atoms with Crippen LogP contribution in [0.5, 0.6) is 0 Å². The van der Waals surface area contributed by atoms with Crippen LogP contribution in [-0.2, 0) is 19.1 Å². The van der Waals surface area contributed by atoms with Gasteiger partial charge in [0.05, 0.1) is 22.6 Å². The first-order valence-corrected chi connectivity index (χ1v) is 13.2. The van der Waals surface area contributed by atoms with Crippen molar-refractivity contribution in [1.82, 2.24) is 15.1 Å². The highest BCUT2D eigenvalue weighted by Gasteiger charge is 2.27. The van der Waals surface area contributed by atoms with Crippen LogP contribution in [0.4, 0.5) is 0 Å². The van der Waals surface area contributed by atoms with E-state index in [1.807, 2.05) is 11.8 Å². The fraction of sp³-hybridized carbons (Fsp3) is 0.577. The maximum atomic E-state index is 12.6. The molecule has 1 heterocycles. The Kier molecular flexibility index (Phi) is 10.9. The second-order valence-electron chi connectivity index (χ2n) is 9.07. The molecule has 1 aliphatic heterocycles. The van der Waals surface area contributed by atoms with Crippen LogP contribution >= 0.6 is 23.2 Å². The van der Waals surface area contributed by atoms with Gasteiger partial charge in [-0.3, -0.25) is 14.4 Å². The van der Waals surface area contributed by atoms with Gasteiger partial charge in [-0.1, -0.05) is 29.3 Å². The van der Waals surface area contributed by atoms with E-state index in [2.05, 4.69) is 5.32 Å². The first kappa shape index (κ1) is 27.5. The topological polar surface area (TPSA) is 79.0 Å². The highest BCUT2D eigenvalue weighted by atomic mass is 35.5. The lowest BCUT2D eigenvalue weighted by molar-refractivity contribution is -0.149. The molecule has 1 aliphatic carbocycles. The maximum Gasteiger partial charge on any atom is 0.308 e. The Bertz CT molecular complexity index is 916. The molecule has 1 N–H and O–H groups in total. The summed E-state index contributed by atoms with van der Waals surface area (Å²) in [5, 5.41) is 4.48. The summed E-state index contributed by atoms with van der Waals surface area (Å²) in [6, 6.07) is 5.61. The van der Waals surface area contributed by atoms with E-state index in [0.717, 1.165) is 44.2 Å². The van der Waals surface area contributed by atoms with Crippen molar-refractivity contribution in [3.05, 3.63) is 39.9 Å². The van der Waals surface area contributed by atoms with Gasteiger partial charge >= 0.3 is 5.97 Å². The molecule has 0 spiro atoms. The highest BCUT2D eigenvalue weighted by Crippen LogP contribution is 2.25. The molecule has 0 aromatic heterocycles. The van der Waals surface area contributed by atoms with Crippen LogP contribution in [0, 0.1) is 5.92 Å². The summed E-state index contributed by atoms with van der Waals surface area (Å²) >= 11 is 12.0. The lowest BCUT2D eigenvalue weighted by atomic mass is 9.86. The zero-order valence-electron chi connectivity index (χ0n) is 20.3. The Morgan fingerprint density at radius 3 is 2.60 bits per heavy atom. The third-order valence-electron chi connectivity index (χ3n) is 6.65. The van der Waals surface area contributed by atoms with Crippen LogP contribution in [0.3, 0.4) is 0 Å². The number of hydrogen-bond donors (Lipinski definition) is 1. The van der Waals surface area contributed by atoms with Gasteiger partial charge in [-0.15, -0.1) is 0 Å². The molecule has 35 heavy (non-hydrogen) atoms. The molecular weight excluding hydrogens is 489 g/mol. The van der Waals surface area contributed by atoms with Crippen molar-refractivity contribution in [3.63, 3.8) is 0 Å². The number of benzene rings is 1. The number of hydrogen-bond acceptors (Lipinski definition) is 5. The van der Waals surface area contributed by atoms with Gasteiger partial charge in [0, 0.05) is 44.7 Å². The number of amides is 2. The molecule has 2 amide bonds. The molecule has 0 unspecified atom stereocenters. The van der Waals surface area contributed by atoms with Crippen molar-refractivity contribution in [1.29, 1.82) is 0 Å². The summed E-state index contributed by atoms with van der Waals surface area (Å²) < 4.78 is 5.13. The van der Waals surface area contributed by atoms with E-state index in [-0.39, 0.29) is 23.7 Å². The van der Waals surface area contributed by atoms with Gasteiger partial charge in [-0.25, -0.2) is 0 Å². The van der Waals surface area contributed by atoms with E-state index < -0.39 is 0 Å². The monoisotopic (exact) mass is 523 g/mol. The molecule has 3 rings (SSSR count). The second kappa shape index (κ2) is 13.9. The minimum Gasteiger partial charge on any atom is -0.466 e. The van der Waals surface area contributed by atoms with Crippen LogP contribution in [-0.4, -0.2) is 73.0 Å². The Labute approximate surface area is 217 Å². The standard InChI is InChI=1S/C26H35Cl2N3O4/c1-2-35-26(34)20-6-8-21(9-7-20)29-13-3-14-30-16-17-31(15-12-25(30)33)24(32)11-5-19-4-10-22(27)23(28)18-19/h4-5,10-11,18,20-21,29H,2-3,6-9,12-17H2,1H3. The molecule has 0 bridgehead atoms. The third-order valence-corrected chi connectivity index (χ3v) is 7.39. The van der Waals surface area contributed by atoms with Crippen LogP contribution < -0.4 is 5.32 Å². The van der Waals surface area contributed by atoms with E-state index >= 15 is 0 Å². The average molecular weight is 524 g/mol. The number of ether oxygens (including phenoxy) is 1. The fourth-order valence-corrected chi connectivity index (χ4v) is 4.89. The zero-order valence-corrected chi connectivity index (χ0v) is 21.8. The molecule has 7 nitrogen and oxygen atoms in total. The number of carbonyl (C=O) groups excluding carboxylic acids is 3. The number of carbonyl (C=O) groups is 3. The molecule has 1 saturated heterocycles. The van der Waals surface area contributed by atoms with E-state index in [1.54, 1.807) is 29.2 Å². The summed E-state index contributed by atoms with van der Waals surface area (Å²) in [7, 11) is 0. The molecule has 1 aromatic rings. The summed E-state index contributed by atoms with van der Waals surface area (Å²) in [5.41, 5.74) is 0.794. The van der Waals surface area contributed by atoms with Crippen molar-refractivity contribution in [2.24, 2.45) is 5.92 Å². The largest absolute Gasteiger partial charge is 0.466 e. The normalized spacial score (nSPS) is 21.3. The van der Waals surface area contributed by atoms with Crippen LogP contribution in [0.25, 0.3) is 6.08 Å². The highest BCUT2D eigenvalue weighted by molar-refractivity contribution is 6.42. The van der Waals surface area contributed by atoms with Gasteiger partial charge in [0.2, 0.25) is 11.8 Å². The van der Waals surface area contributed by atoms with E-state index in [4.69, 9.17) is 27.9 Å². The van der Waals surface area contributed by atoms with Crippen LogP contribution in [0.1, 0.15) is 51.0 Å². The Morgan fingerprint density at radius 2 is 1.89 bits per heavy atom. The number of nitrogens with zero attached hydrogens (tertiary/aromatic N) is 2. The third kappa shape index (κ3) is 8.51. The molecule has 2 fully saturated rings. The Balaban J connectivity index is 1.36. The predicted molar refractivity (Wildman–Crippen MR) is 138 cm³/mol. The van der Waals surface area contributed by atoms with Gasteiger partial charge in [0.1, 0.15) is 0 Å². The Hall–Kier alpha value is -2.09. The van der Waals surface area contributed by atoms with Crippen LogP contribution in [0.2, 0.25) is 10.0 Å². The van der Waals surface area contributed by atoms with Gasteiger partial charge in [-0.2, -0.15) is 0 Å². The molecule has 192 valence electrons. The zero-order chi connectivity index (χ0) is 25.2. The van der Waals surface area contributed by atoms with Crippen molar-refractivity contribution >= 4 is 47.1 Å². The fourth-order valence-electron chi connectivity index (χ4n) is 4.58. The first-order valence-electron chi connectivity index (χ1n) is 12.5. The summed E-state index contributed by atoms with van der Waals surface area (Å²) in [4.78, 5) is 40.6. The molecule has 1 aromatic carbocycles. The first-order chi connectivity index (χ1) is 16.9. The smallest absolute Gasteiger partial charge is 0.308 e. The molecule has 2 aliphatic rings. The SMILES string of the molecule is CCOC(=O)C1CCC(NCCCN2CCN(C(=O)C=Cc3ccc(Cl)c(Cl)c3)CCC2=O)CC1. The second-order valence-corrected chi connectivity index (χ2v) is 9.89. The lowest BCUT2D eigenvalue weighted by Gasteiger charge is -2.28. The van der Waals surface area contributed by atoms with Crippen LogP contribution in [0.15, 0.2) is 24.3 Å². The minimum atomic E-state index is -0.120. The number of nitrogens with one attached hydrogen (secondary N) is 1. The maximum absolute atomic E-state index is 12.6. The summed E-state index contributed by atoms with van der Waals surface area (Å²) in [6.45, 7) is 5.25. The summed E-state index contributed by atoms with van der Waals surface area (Å²) in [6.07, 6.45) is 8.08. The molecule has 1 saturated carbocycles. The van der Waals surface area contributed by atoms with E-state index in [1.165, 1.54) is 6.08 Å². The minimum absolute atomic E-state index is 0.0345. The van der Waals surface area contributed by atoms with Gasteiger partial charge in [0.25, 0.3) is 0 Å². The summed E-state index contributed by atoms with van der Waals surface area (Å²) in [5.74, 6) is -0.0650. The predicted octanol–water partition coefficient (Wildman–Crippen LogP) is 4.17. The molecule has 0 atom stereocenters. The molecule has 0 radical (unpaired) electrons. The molecule has 9 heteroatoms. The molecular formula is C26H35Cl2N3O4. The quantitative estimate of drug-likeness (QED) is 0.298. The van der Waals surface area contributed by atoms with Gasteiger partial charge < -0.3 is 19.9 Å². The number of rotatable bonds is 9. The van der Waals surface area contributed by atoms with E-state index in [9.17, 15) is 14.4 Å².